The molecule has 2 N–H and O–H groups in total. The summed E-state index contributed by atoms with van der Waals surface area (Å²) in [5, 5.41) is 14.7. The van der Waals surface area contributed by atoms with Crippen LogP contribution in [0, 0.1) is 0 Å². The summed E-state index contributed by atoms with van der Waals surface area (Å²) in [5.74, 6) is 0.299. The molecule has 0 saturated carbocycles. The van der Waals surface area contributed by atoms with Crippen molar-refractivity contribution in [2.24, 2.45) is 5.10 Å². The number of para-hydroxylation sites is 1. The van der Waals surface area contributed by atoms with Gasteiger partial charge in [-0.25, -0.2) is 5.43 Å². The number of amides is 1. The zero-order valence-electron chi connectivity index (χ0n) is 17.2. The van der Waals surface area contributed by atoms with Crippen molar-refractivity contribution >= 4 is 11.6 Å². The van der Waals surface area contributed by atoms with Crippen LogP contribution in [0.15, 0.2) is 53.6 Å². The average Bonchev–Trinajstić information content (AvgIpc) is 3.19. The number of phenols is 1. The van der Waals surface area contributed by atoms with Gasteiger partial charge in [-0.05, 0) is 31.5 Å². The number of carbonyl (C=O) groups excluding carboxylic acids is 1. The zero-order valence-corrected chi connectivity index (χ0v) is 17.2. The largest absolute Gasteiger partial charge is 0.504 e. The van der Waals surface area contributed by atoms with Crippen LogP contribution in [0.4, 0.5) is 0 Å². The van der Waals surface area contributed by atoms with E-state index in [2.05, 4.69) is 41.4 Å². The van der Waals surface area contributed by atoms with Gasteiger partial charge < -0.3 is 14.6 Å². The highest BCUT2D eigenvalue weighted by molar-refractivity contribution is 6.06. The van der Waals surface area contributed by atoms with E-state index in [0.717, 1.165) is 12.1 Å². The third-order valence-corrected chi connectivity index (χ3v) is 5.42. The predicted molar refractivity (Wildman–Crippen MR) is 113 cm³/mol. The van der Waals surface area contributed by atoms with Gasteiger partial charge in [-0.3, -0.25) is 9.69 Å². The summed E-state index contributed by atoms with van der Waals surface area (Å²) < 4.78 is 12.2. The van der Waals surface area contributed by atoms with Gasteiger partial charge in [0.1, 0.15) is 18.9 Å². The molecule has 0 radical (unpaired) electrons. The summed E-state index contributed by atoms with van der Waals surface area (Å²) in [6, 6.07) is 15.8. The highest BCUT2D eigenvalue weighted by atomic mass is 16.6. The minimum atomic E-state index is -0.119. The Morgan fingerprint density at radius 2 is 2.00 bits per heavy atom. The van der Waals surface area contributed by atoms with Gasteiger partial charge >= 0.3 is 0 Å². The Balaban J connectivity index is 1.45. The summed E-state index contributed by atoms with van der Waals surface area (Å²) in [5.41, 5.74) is 4.80. The molecule has 1 amide bonds. The molecule has 2 aliphatic heterocycles. The maximum Gasteiger partial charge on any atom is 0.240 e. The normalized spacial score (nSPS) is 22.1. The lowest BCUT2D eigenvalue weighted by Crippen LogP contribution is -2.32. The second kappa shape index (κ2) is 8.85. The monoisotopic (exact) mass is 409 g/mol. The third kappa shape index (κ3) is 4.32. The highest BCUT2D eigenvalue weighted by Crippen LogP contribution is 2.34. The minimum absolute atomic E-state index is 0.0331. The molecule has 4 rings (SSSR count). The molecule has 0 spiro atoms. The van der Waals surface area contributed by atoms with Crippen molar-refractivity contribution in [2.45, 2.75) is 45.1 Å². The van der Waals surface area contributed by atoms with Crippen LogP contribution >= 0.6 is 0 Å². The van der Waals surface area contributed by atoms with Crippen molar-refractivity contribution in [3.63, 3.8) is 0 Å². The lowest BCUT2D eigenvalue weighted by molar-refractivity contribution is -0.121. The van der Waals surface area contributed by atoms with Crippen LogP contribution in [0.25, 0.3) is 0 Å². The highest BCUT2D eigenvalue weighted by Gasteiger charge is 2.35. The first-order valence-corrected chi connectivity index (χ1v) is 10.3. The number of carbonyl (C=O) groups is 1. The molecular formula is C23H27N3O4. The summed E-state index contributed by atoms with van der Waals surface area (Å²) in [6.07, 6.45) is 0.605. The van der Waals surface area contributed by atoms with Crippen LogP contribution in [0.1, 0.15) is 44.0 Å². The number of benzene rings is 2. The standard InChI is InChI=1S/C23H27N3O4/c1-15(2)26-13-17(30-23(26)16-7-4-3-5-8-16)14-29-20-10-6-9-18(22(20)28)19-11-12-21(27)25-24-19/h3-10,15,17,23,28H,11-14H2,1-2H3,(H,25,27). The van der Waals surface area contributed by atoms with E-state index in [4.69, 9.17) is 9.47 Å². The summed E-state index contributed by atoms with van der Waals surface area (Å²) >= 11 is 0. The van der Waals surface area contributed by atoms with Gasteiger partial charge in [0.25, 0.3) is 0 Å². The Bertz CT molecular complexity index is 929. The Morgan fingerprint density at radius 3 is 2.70 bits per heavy atom. The van der Waals surface area contributed by atoms with E-state index in [1.165, 1.54) is 0 Å². The van der Waals surface area contributed by atoms with Crippen LogP contribution < -0.4 is 10.2 Å². The van der Waals surface area contributed by atoms with Crippen molar-refractivity contribution in [1.29, 1.82) is 0 Å². The Morgan fingerprint density at radius 1 is 1.20 bits per heavy atom. The maximum absolute atomic E-state index is 11.3. The molecule has 7 nitrogen and oxygen atoms in total. The third-order valence-electron chi connectivity index (χ3n) is 5.42. The Kier molecular flexibility index (Phi) is 6.01. The summed E-state index contributed by atoms with van der Waals surface area (Å²) in [7, 11) is 0. The van der Waals surface area contributed by atoms with E-state index >= 15 is 0 Å². The molecule has 30 heavy (non-hydrogen) atoms. The summed E-state index contributed by atoms with van der Waals surface area (Å²) in [6.45, 7) is 5.38. The molecule has 158 valence electrons. The Labute approximate surface area is 176 Å². The van der Waals surface area contributed by atoms with Gasteiger partial charge in [0.2, 0.25) is 5.91 Å². The first kappa shape index (κ1) is 20.4. The van der Waals surface area contributed by atoms with Crippen LogP contribution in [0.3, 0.4) is 0 Å². The van der Waals surface area contributed by atoms with E-state index in [1.807, 2.05) is 24.3 Å². The quantitative estimate of drug-likeness (QED) is 0.766. The van der Waals surface area contributed by atoms with Gasteiger partial charge in [-0.1, -0.05) is 36.4 Å². The molecule has 0 aromatic heterocycles. The fourth-order valence-electron chi connectivity index (χ4n) is 3.82. The van der Waals surface area contributed by atoms with Crippen molar-refractivity contribution in [2.75, 3.05) is 13.2 Å². The van der Waals surface area contributed by atoms with E-state index < -0.39 is 0 Å². The molecule has 2 aliphatic rings. The van der Waals surface area contributed by atoms with Crippen molar-refractivity contribution in [3.05, 3.63) is 59.7 Å². The number of hydrogen-bond donors (Lipinski definition) is 2. The fourth-order valence-corrected chi connectivity index (χ4v) is 3.82. The Hall–Kier alpha value is -2.90. The minimum Gasteiger partial charge on any atom is -0.504 e. The molecule has 7 heteroatoms. The smallest absolute Gasteiger partial charge is 0.240 e. The predicted octanol–water partition coefficient (Wildman–Crippen LogP) is 3.19. The van der Waals surface area contributed by atoms with Gasteiger partial charge in [0, 0.05) is 31.0 Å². The van der Waals surface area contributed by atoms with E-state index in [-0.39, 0.29) is 24.0 Å². The number of aromatic hydroxyl groups is 1. The molecule has 2 heterocycles. The van der Waals surface area contributed by atoms with Gasteiger partial charge in [-0.2, -0.15) is 5.10 Å². The van der Waals surface area contributed by atoms with Crippen molar-refractivity contribution < 1.29 is 19.4 Å². The molecule has 0 bridgehead atoms. The number of nitrogens with one attached hydrogen (secondary N) is 1. The van der Waals surface area contributed by atoms with E-state index in [0.29, 0.717) is 42.5 Å². The van der Waals surface area contributed by atoms with E-state index in [1.54, 1.807) is 12.1 Å². The molecule has 2 aromatic carbocycles. The lowest BCUT2D eigenvalue weighted by Gasteiger charge is -2.26. The first-order chi connectivity index (χ1) is 14.5. The van der Waals surface area contributed by atoms with Gasteiger partial charge in [0.05, 0.1) is 5.71 Å². The first-order valence-electron chi connectivity index (χ1n) is 10.3. The number of nitrogens with zero attached hydrogens (tertiary/aromatic N) is 2. The topological polar surface area (TPSA) is 83.4 Å². The summed E-state index contributed by atoms with van der Waals surface area (Å²) in [4.78, 5) is 13.6. The van der Waals surface area contributed by atoms with Crippen molar-refractivity contribution in [3.8, 4) is 11.5 Å². The van der Waals surface area contributed by atoms with Gasteiger partial charge in [0.15, 0.2) is 11.5 Å². The zero-order chi connectivity index (χ0) is 21.1. The van der Waals surface area contributed by atoms with Crippen LogP contribution in [-0.4, -0.2) is 46.9 Å². The lowest BCUT2D eigenvalue weighted by atomic mass is 10.0. The number of hydrazone groups is 1. The second-order valence-corrected chi connectivity index (χ2v) is 7.87. The van der Waals surface area contributed by atoms with Crippen LogP contribution in [0.5, 0.6) is 11.5 Å². The maximum atomic E-state index is 11.3. The number of ether oxygens (including phenoxy) is 2. The van der Waals surface area contributed by atoms with E-state index in [9.17, 15) is 9.90 Å². The van der Waals surface area contributed by atoms with Crippen LogP contribution in [-0.2, 0) is 9.53 Å². The molecule has 2 aromatic rings. The number of phenolic OH excluding ortho intramolecular Hbond substituents is 1. The fraction of sp³-hybridized carbons (Fsp3) is 0.391. The van der Waals surface area contributed by atoms with Gasteiger partial charge in [-0.15, -0.1) is 0 Å². The SMILES string of the molecule is CC(C)N1CC(COc2cccc(C3=NNC(=O)CC3)c2O)OC1c1ccccc1. The molecule has 2 unspecified atom stereocenters. The second-order valence-electron chi connectivity index (χ2n) is 7.87. The van der Waals surface area contributed by atoms with Crippen LogP contribution in [0.2, 0.25) is 0 Å². The molecule has 1 fully saturated rings. The molecule has 1 saturated heterocycles. The molecular weight excluding hydrogens is 382 g/mol. The average molecular weight is 409 g/mol. The van der Waals surface area contributed by atoms with Crippen molar-refractivity contribution in [1.82, 2.24) is 10.3 Å². The number of hydrogen-bond acceptors (Lipinski definition) is 6. The molecule has 0 aliphatic carbocycles. The number of rotatable bonds is 6. The molecule has 2 atom stereocenters.